The van der Waals surface area contributed by atoms with Crippen molar-refractivity contribution in [3.63, 3.8) is 0 Å². The Morgan fingerprint density at radius 2 is 1.58 bits per heavy atom. The van der Waals surface area contributed by atoms with Gasteiger partial charge in [0.1, 0.15) is 5.69 Å². The molecule has 0 atom stereocenters. The molecule has 2 heterocycles. The molecule has 3 aromatic rings. The lowest BCUT2D eigenvalue weighted by Gasteiger charge is -2.23. The molecule has 0 aliphatic carbocycles. The van der Waals surface area contributed by atoms with E-state index in [0.29, 0.717) is 22.3 Å². The predicted molar refractivity (Wildman–Crippen MR) is 125 cm³/mol. The summed E-state index contributed by atoms with van der Waals surface area (Å²) in [6.45, 7) is 12.6. The minimum absolute atomic E-state index is 0.0945. The number of furan rings is 1. The Kier molecular flexibility index (Phi) is 7.02. The Labute approximate surface area is 186 Å². The van der Waals surface area contributed by atoms with E-state index in [2.05, 4.69) is 35.7 Å². The van der Waals surface area contributed by atoms with Crippen molar-refractivity contribution in [3.05, 3.63) is 71.1 Å². The number of pyridine rings is 1. The van der Waals surface area contributed by atoms with Gasteiger partial charge in [-0.1, -0.05) is 59.7 Å². The number of nitrogens with zero attached hydrogens (tertiary/aromatic N) is 1. The topological polar surface area (TPSA) is 72.2 Å². The summed E-state index contributed by atoms with van der Waals surface area (Å²) in [7, 11) is -3.70. The number of nitrogens with one attached hydrogen (secondary N) is 1. The molecular formula is C25H32N2O3S. The first-order valence-electron chi connectivity index (χ1n) is 10.8. The molecule has 5 nitrogen and oxygen atoms in total. The van der Waals surface area contributed by atoms with E-state index in [1.165, 1.54) is 5.56 Å². The Balaban J connectivity index is 1.92. The number of hydrogen-bond acceptors (Lipinski definition) is 4. The van der Waals surface area contributed by atoms with E-state index in [-0.39, 0.29) is 18.4 Å². The summed E-state index contributed by atoms with van der Waals surface area (Å²) >= 11 is 0. The monoisotopic (exact) mass is 440 g/mol. The smallest absolute Gasteiger partial charge is 0.241 e. The van der Waals surface area contributed by atoms with Crippen LogP contribution in [0.4, 0.5) is 0 Å². The van der Waals surface area contributed by atoms with E-state index in [1.807, 2.05) is 52.0 Å². The number of sulfonamides is 1. The van der Waals surface area contributed by atoms with E-state index in [4.69, 9.17) is 4.42 Å². The highest BCUT2D eigenvalue weighted by molar-refractivity contribution is 7.89. The SMILES string of the molecule is CC(C)c1cc(C(C)C)c(S(=O)(=O)NCc2ccc(-c3ccco3)nc2)c(C(C)C)c1. The fourth-order valence-corrected chi connectivity index (χ4v) is 5.26. The molecule has 2 aromatic heterocycles. The first kappa shape index (κ1) is 23.2. The van der Waals surface area contributed by atoms with Gasteiger partial charge in [-0.3, -0.25) is 4.98 Å². The summed E-state index contributed by atoms with van der Waals surface area (Å²) in [4.78, 5) is 4.81. The highest BCUT2D eigenvalue weighted by atomic mass is 32.2. The molecule has 0 saturated heterocycles. The van der Waals surface area contributed by atoms with Crippen molar-refractivity contribution in [2.75, 3.05) is 0 Å². The second-order valence-corrected chi connectivity index (χ2v) is 10.5. The summed E-state index contributed by atoms with van der Waals surface area (Å²) in [5.74, 6) is 1.20. The molecular weight excluding hydrogens is 408 g/mol. The van der Waals surface area contributed by atoms with E-state index >= 15 is 0 Å². The molecule has 0 aliphatic rings. The van der Waals surface area contributed by atoms with Crippen molar-refractivity contribution in [2.24, 2.45) is 0 Å². The zero-order valence-corrected chi connectivity index (χ0v) is 20.0. The molecule has 31 heavy (non-hydrogen) atoms. The van der Waals surface area contributed by atoms with Crippen molar-refractivity contribution < 1.29 is 12.8 Å². The maximum atomic E-state index is 13.4. The van der Waals surface area contributed by atoms with Crippen LogP contribution in [0.2, 0.25) is 0 Å². The third-order valence-corrected chi connectivity index (χ3v) is 6.95. The third kappa shape index (κ3) is 5.25. The minimum Gasteiger partial charge on any atom is -0.463 e. The van der Waals surface area contributed by atoms with Crippen molar-refractivity contribution in [1.82, 2.24) is 9.71 Å². The van der Waals surface area contributed by atoms with Crippen LogP contribution in [0.25, 0.3) is 11.5 Å². The Morgan fingerprint density at radius 3 is 2.03 bits per heavy atom. The first-order chi connectivity index (χ1) is 14.6. The predicted octanol–water partition coefficient (Wildman–Crippen LogP) is 6.19. The van der Waals surface area contributed by atoms with Crippen LogP contribution in [0.5, 0.6) is 0 Å². The van der Waals surface area contributed by atoms with Gasteiger partial charge >= 0.3 is 0 Å². The van der Waals surface area contributed by atoms with Crippen LogP contribution < -0.4 is 4.72 Å². The average Bonchev–Trinajstić information content (AvgIpc) is 3.26. The van der Waals surface area contributed by atoms with Crippen LogP contribution in [-0.2, 0) is 16.6 Å². The molecule has 0 bridgehead atoms. The lowest BCUT2D eigenvalue weighted by Crippen LogP contribution is -2.26. The summed E-state index contributed by atoms with van der Waals surface area (Å²) < 4.78 is 35.0. The third-order valence-electron chi connectivity index (χ3n) is 5.41. The second-order valence-electron chi connectivity index (χ2n) is 8.85. The van der Waals surface area contributed by atoms with Crippen molar-refractivity contribution in [2.45, 2.75) is 70.7 Å². The van der Waals surface area contributed by atoms with Crippen LogP contribution in [0.15, 0.2) is 58.2 Å². The van der Waals surface area contributed by atoms with Gasteiger partial charge in [-0.25, -0.2) is 13.1 Å². The van der Waals surface area contributed by atoms with Crippen LogP contribution >= 0.6 is 0 Å². The van der Waals surface area contributed by atoms with Gasteiger partial charge in [0.2, 0.25) is 10.0 Å². The van der Waals surface area contributed by atoms with Crippen LogP contribution in [0, 0.1) is 0 Å². The first-order valence-corrected chi connectivity index (χ1v) is 12.2. The van der Waals surface area contributed by atoms with Crippen LogP contribution in [0.1, 0.15) is 81.5 Å². The molecule has 0 saturated carbocycles. The number of benzene rings is 1. The van der Waals surface area contributed by atoms with Gasteiger partial charge in [-0.15, -0.1) is 0 Å². The average molecular weight is 441 g/mol. The van der Waals surface area contributed by atoms with Gasteiger partial charge in [0.05, 0.1) is 11.2 Å². The highest BCUT2D eigenvalue weighted by Gasteiger charge is 2.26. The Bertz CT molecular complexity index is 1090. The van der Waals surface area contributed by atoms with Gasteiger partial charge in [0, 0.05) is 12.7 Å². The summed E-state index contributed by atoms with van der Waals surface area (Å²) in [6.07, 6.45) is 3.27. The maximum Gasteiger partial charge on any atom is 0.241 e. The van der Waals surface area contributed by atoms with Crippen molar-refractivity contribution in [1.29, 1.82) is 0 Å². The van der Waals surface area contributed by atoms with Gasteiger partial charge < -0.3 is 4.42 Å². The summed E-state index contributed by atoms with van der Waals surface area (Å²) in [5.41, 5.74) is 4.41. The quantitative estimate of drug-likeness (QED) is 0.453. The fourth-order valence-electron chi connectivity index (χ4n) is 3.55. The van der Waals surface area contributed by atoms with Crippen molar-refractivity contribution in [3.8, 4) is 11.5 Å². The van der Waals surface area contributed by atoms with Crippen LogP contribution in [-0.4, -0.2) is 13.4 Å². The molecule has 6 heteroatoms. The van der Waals surface area contributed by atoms with Crippen LogP contribution in [0.3, 0.4) is 0 Å². The maximum absolute atomic E-state index is 13.4. The molecule has 0 unspecified atom stereocenters. The fraction of sp³-hybridized carbons (Fsp3) is 0.400. The molecule has 3 rings (SSSR count). The standard InChI is InChI=1S/C25H32N2O3S/c1-16(2)20-12-21(17(3)4)25(22(13-20)18(5)6)31(28,29)27-15-19-9-10-23(26-14-19)24-8-7-11-30-24/h7-14,16-18,27H,15H2,1-6H3. The van der Waals surface area contributed by atoms with Gasteiger partial charge in [0.25, 0.3) is 0 Å². The summed E-state index contributed by atoms with van der Waals surface area (Å²) in [6, 6.07) is 11.4. The molecule has 0 fully saturated rings. The minimum atomic E-state index is -3.70. The molecule has 1 N–H and O–H groups in total. The highest BCUT2D eigenvalue weighted by Crippen LogP contribution is 2.35. The van der Waals surface area contributed by atoms with E-state index < -0.39 is 10.0 Å². The molecule has 0 spiro atoms. The normalized spacial score (nSPS) is 12.3. The van der Waals surface area contributed by atoms with E-state index in [1.54, 1.807) is 12.5 Å². The largest absolute Gasteiger partial charge is 0.463 e. The lowest BCUT2D eigenvalue weighted by atomic mass is 9.89. The molecule has 0 aliphatic heterocycles. The number of rotatable bonds is 8. The lowest BCUT2D eigenvalue weighted by molar-refractivity contribution is 0.575. The summed E-state index contributed by atoms with van der Waals surface area (Å²) in [5, 5.41) is 0. The van der Waals surface area contributed by atoms with Gasteiger partial charge in [0.15, 0.2) is 5.76 Å². The number of aromatic nitrogens is 1. The molecule has 166 valence electrons. The second kappa shape index (κ2) is 9.37. The molecule has 0 radical (unpaired) electrons. The number of hydrogen-bond donors (Lipinski definition) is 1. The molecule has 1 aromatic carbocycles. The zero-order chi connectivity index (χ0) is 22.8. The zero-order valence-electron chi connectivity index (χ0n) is 19.1. The van der Waals surface area contributed by atoms with E-state index in [0.717, 1.165) is 16.7 Å². The Morgan fingerprint density at radius 1 is 0.935 bits per heavy atom. The Hall–Kier alpha value is -2.44. The van der Waals surface area contributed by atoms with Gasteiger partial charge in [-0.05, 0) is 58.2 Å². The van der Waals surface area contributed by atoms with Gasteiger partial charge in [-0.2, -0.15) is 0 Å². The van der Waals surface area contributed by atoms with E-state index in [9.17, 15) is 8.42 Å². The molecule has 0 amide bonds. The van der Waals surface area contributed by atoms with Crippen molar-refractivity contribution >= 4 is 10.0 Å².